The molecule has 0 unspecified atom stereocenters. The zero-order valence-electron chi connectivity index (χ0n) is 31.2. The van der Waals surface area contributed by atoms with E-state index in [2.05, 4.69) is 80.8 Å². The number of hydrogen-bond donors (Lipinski definition) is 0. The van der Waals surface area contributed by atoms with Crippen molar-refractivity contribution in [2.75, 3.05) is 0 Å². The van der Waals surface area contributed by atoms with E-state index in [-0.39, 0.29) is 17.4 Å². The average molecular weight is 653 g/mol. The van der Waals surface area contributed by atoms with Crippen LogP contribution in [0.2, 0.25) is 0 Å². The molecule has 0 saturated carbocycles. The largest absolute Gasteiger partial charge is 0.456 e. The minimum atomic E-state index is -2.41. The molecule has 0 aliphatic carbocycles. The van der Waals surface area contributed by atoms with Gasteiger partial charge in [0, 0.05) is 20.3 Å². The average Bonchev–Trinajstić information content (AvgIpc) is 3.84. The van der Waals surface area contributed by atoms with Crippen molar-refractivity contribution in [3.8, 4) is 34.3 Å². The molecule has 6 aromatic carbocycles. The number of aromatic nitrogens is 2. The summed E-state index contributed by atoms with van der Waals surface area (Å²) in [6.45, 7) is 6.47. The maximum Gasteiger partial charge on any atom is 0.149 e. The lowest BCUT2D eigenvalue weighted by Crippen LogP contribution is -2.09. The number of rotatable bonds is 5. The van der Waals surface area contributed by atoms with E-state index in [0.717, 1.165) is 38.6 Å². The molecule has 0 aliphatic heterocycles. The summed E-state index contributed by atoms with van der Waals surface area (Å²) in [5, 5.41) is 12.2. The molecule has 0 N–H and O–H groups in total. The van der Waals surface area contributed by atoms with Crippen molar-refractivity contribution in [2.45, 2.75) is 46.4 Å². The van der Waals surface area contributed by atoms with Crippen molar-refractivity contribution >= 4 is 54.9 Å². The highest BCUT2D eigenvalue weighted by molar-refractivity contribution is 6.23. The van der Waals surface area contributed by atoms with Crippen LogP contribution in [0.4, 0.5) is 0 Å². The van der Waals surface area contributed by atoms with E-state index < -0.39 is 6.85 Å². The number of fused-ring (bicyclic) bond motifs is 8. The van der Waals surface area contributed by atoms with Crippen LogP contribution in [0.25, 0.3) is 83.1 Å². The minimum absolute atomic E-state index is 0.175. The van der Waals surface area contributed by atoms with Crippen molar-refractivity contribution in [3.63, 3.8) is 0 Å². The van der Waals surface area contributed by atoms with Crippen LogP contribution in [0.3, 0.4) is 0 Å². The van der Waals surface area contributed by atoms with Crippen LogP contribution in [-0.2, 0) is 0 Å². The highest BCUT2D eigenvalue weighted by Gasteiger charge is 2.26. The van der Waals surface area contributed by atoms with Crippen LogP contribution in [0.5, 0.6) is 0 Å². The third-order valence-corrected chi connectivity index (χ3v) is 9.90. The van der Waals surface area contributed by atoms with Gasteiger partial charge in [-0.25, -0.2) is 4.98 Å². The van der Waals surface area contributed by atoms with E-state index in [0.29, 0.717) is 50.1 Å². The molecule has 9 rings (SSSR count). The van der Waals surface area contributed by atoms with Gasteiger partial charge in [0.2, 0.25) is 0 Å². The van der Waals surface area contributed by atoms with Crippen LogP contribution >= 0.6 is 0 Å². The van der Waals surface area contributed by atoms with Crippen molar-refractivity contribution < 1.29 is 12.9 Å². The first-order valence-corrected chi connectivity index (χ1v) is 17.0. The van der Waals surface area contributed by atoms with Gasteiger partial charge in [0.15, 0.2) is 0 Å². The summed E-state index contributed by atoms with van der Waals surface area (Å²) in [5.74, 6) is 1.01. The topological polar surface area (TPSA) is 67.9 Å². The monoisotopic (exact) mass is 652 g/mol. The van der Waals surface area contributed by atoms with Gasteiger partial charge in [-0.1, -0.05) is 76.2 Å². The number of aryl methyl sites for hydroxylation is 1. The summed E-state index contributed by atoms with van der Waals surface area (Å²) >= 11 is 0. The Bertz CT molecular complexity index is 2930. The fraction of sp³-hybridized carbons (Fsp3) is 0.156. The Morgan fingerprint density at radius 2 is 1.44 bits per heavy atom. The van der Waals surface area contributed by atoms with E-state index in [1.165, 1.54) is 11.1 Å². The zero-order chi connectivity index (χ0) is 36.8. The van der Waals surface area contributed by atoms with Crippen LogP contribution in [0, 0.1) is 18.2 Å². The highest BCUT2D eigenvalue weighted by atomic mass is 16.3. The third kappa shape index (κ3) is 4.42. The first kappa shape index (κ1) is 26.8. The Labute approximate surface area is 294 Å². The Morgan fingerprint density at radius 3 is 2.18 bits per heavy atom. The quantitative estimate of drug-likeness (QED) is 0.185. The third-order valence-electron chi connectivity index (χ3n) is 9.90. The van der Waals surface area contributed by atoms with Gasteiger partial charge in [0.25, 0.3) is 0 Å². The predicted octanol–water partition coefficient (Wildman–Crippen LogP) is 12.6. The van der Waals surface area contributed by atoms with Gasteiger partial charge >= 0.3 is 0 Å². The molecule has 0 aliphatic rings. The van der Waals surface area contributed by atoms with Gasteiger partial charge in [0.1, 0.15) is 28.2 Å². The van der Waals surface area contributed by atoms with Crippen molar-refractivity contribution in [1.82, 2.24) is 9.55 Å². The number of para-hydroxylation sites is 2. The summed E-state index contributed by atoms with van der Waals surface area (Å²) in [4.78, 5) is 5.29. The fourth-order valence-electron chi connectivity index (χ4n) is 7.49. The molecule has 0 spiro atoms. The van der Waals surface area contributed by atoms with Crippen LogP contribution in [0.15, 0.2) is 118 Å². The molecule has 50 heavy (non-hydrogen) atoms. The van der Waals surface area contributed by atoms with Gasteiger partial charge in [0.05, 0.1) is 39.3 Å². The number of benzene rings is 6. The number of furan rings is 2. The minimum Gasteiger partial charge on any atom is -0.456 e. The molecule has 5 nitrogen and oxygen atoms in total. The maximum absolute atomic E-state index is 9.53. The summed E-state index contributed by atoms with van der Waals surface area (Å²) in [7, 11) is 0. The second-order valence-electron chi connectivity index (χ2n) is 13.6. The van der Waals surface area contributed by atoms with E-state index in [1.807, 2.05) is 48.5 Å². The lowest BCUT2D eigenvalue weighted by molar-refractivity contribution is 0.663. The Kier molecular flexibility index (Phi) is 6.01. The first-order chi connectivity index (χ1) is 25.5. The van der Waals surface area contributed by atoms with E-state index in [1.54, 1.807) is 18.2 Å². The fourth-order valence-corrected chi connectivity index (χ4v) is 7.49. The molecular weight excluding hydrogens is 615 g/mol. The summed E-state index contributed by atoms with van der Waals surface area (Å²) in [6.07, 6.45) is 0. The van der Waals surface area contributed by atoms with Gasteiger partial charge in [-0.05, 0) is 107 Å². The molecule has 0 atom stereocenters. The molecule has 3 heterocycles. The summed E-state index contributed by atoms with van der Waals surface area (Å²) < 4.78 is 41.1. The predicted molar refractivity (Wildman–Crippen MR) is 204 cm³/mol. The molecule has 9 aromatic rings. The number of nitrogens with zero attached hydrogens (tertiary/aromatic N) is 3. The SMILES string of the molecule is [2H]C([2H])([2H])c1ccc(-c2nc3ccccc3n2-c2c(C(C)C)cc(-c3ccccc3)cc2C(C)C)c2oc3c(ccc4oc5cc(C#N)ccc5c43)c12. The normalized spacial score (nSPS) is 13.2. The van der Waals surface area contributed by atoms with Crippen LogP contribution in [-0.4, -0.2) is 9.55 Å². The maximum atomic E-state index is 9.53. The molecule has 0 radical (unpaired) electrons. The molecule has 242 valence electrons. The van der Waals surface area contributed by atoms with E-state index in [4.69, 9.17) is 17.9 Å². The van der Waals surface area contributed by atoms with Gasteiger partial charge in [-0.15, -0.1) is 0 Å². The lowest BCUT2D eigenvalue weighted by Gasteiger charge is -2.24. The number of nitriles is 1. The smallest absolute Gasteiger partial charge is 0.149 e. The molecule has 3 aromatic heterocycles. The second kappa shape index (κ2) is 11.2. The van der Waals surface area contributed by atoms with E-state index >= 15 is 0 Å². The van der Waals surface area contributed by atoms with Crippen LogP contribution < -0.4 is 0 Å². The molecule has 0 saturated heterocycles. The molecule has 0 amide bonds. The standard InChI is InChI=1S/C45H35N3O2/c1-25(2)34-22-30(29-11-7-6-8-12-29)23-35(26(3)4)42(34)48-37-14-10-9-13-36(37)47-45(48)33-17-15-27(5)40-32-19-20-38-41(43(32)50-44(33)40)31-18-16-28(24-46)21-39(31)49-38/h6-23,25-26H,1-5H3/i5D3. The van der Waals surface area contributed by atoms with Crippen LogP contribution in [0.1, 0.15) is 65.9 Å². The Hall–Kier alpha value is -6.12. The highest BCUT2D eigenvalue weighted by Crippen LogP contribution is 2.45. The molecule has 5 heteroatoms. The first-order valence-electron chi connectivity index (χ1n) is 18.5. The molecule has 0 fully saturated rings. The van der Waals surface area contributed by atoms with Crippen molar-refractivity contribution in [1.29, 1.82) is 5.26 Å². The molecular formula is C45H35N3O2. The van der Waals surface area contributed by atoms with Gasteiger partial charge in [-0.3, -0.25) is 4.57 Å². The van der Waals surface area contributed by atoms with Crippen molar-refractivity contribution in [2.24, 2.45) is 0 Å². The summed E-state index contributed by atoms with van der Waals surface area (Å²) in [5.41, 5.74) is 11.0. The number of imidazole rings is 1. The molecule has 0 bridgehead atoms. The second-order valence-corrected chi connectivity index (χ2v) is 13.6. The summed E-state index contributed by atoms with van der Waals surface area (Å²) in [6, 6.07) is 38.0. The van der Waals surface area contributed by atoms with E-state index in [9.17, 15) is 5.26 Å². The Morgan fingerprint density at radius 1 is 0.700 bits per heavy atom. The Balaban J connectivity index is 1.41. The number of hydrogen-bond acceptors (Lipinski definition) is 4. The van der Waals surface area contributed by atoms with Crippen molar-refractivity contribution in [3.05, 3.63) is 131 Å². The van der Waals surface area contributed by atoms with Gasteiger partial charge in [-0.2, -0.15) is 5.26 Å². The zero-order valence-corrected chi connectivity index (χ0v) is 28.2. The van der Waals surface area contributed by atoms with Gasteiger partial charge < -0.3 is 8.83 Å². The lowest BCUT2D eigenvalue weighted by atomic mass is 9.88.